The Morgan fingerprint density at radius 1 is 1.39 bits per heavy atom. The van der Waals surface area contributed by atoms with Gasteiger partial charge in [0.2, 0.25) is 0 Å². The van der Waals surface area contributed by atoms with Crippen LogP contribution in [0.5, 0.6) is 0 Å². The number of carbonyl (C=O) groups is 1. The highest BCUT2D eigenvalue weighted by molar-refractivity contribution is 8.13. The van der Waals surface area contributed by atoms with Crippen molar-refractivity contribution in [3.8, 4) is 0 Å². The van der Waals surface area contributed by atoms with E-state index in [0.717, 1.165) is 5.56 Å². The Bertz CT molecular complexity index is 759. The van der Waals surface area contributed by atoms with Crippen LogP contribution in [0.2, 0.25) is 0 Å². The summed E-state index contributed by atoms with van der Waals surface area (Å²) in [6, 6.07) is 10.2. The molecule has 1 aliphatic rings. The molecule has 0 unspecified atom stereocenters. The van der Waals surface area contributed by atoms with Gasteiger partial charge in [-0.15, -0.1) is 11.3 Å². The minimum Gasteiger partial charge on any atom is -0.285 e. The van der Waals surface area contributed by atoms with Crippen LogP contribution in [-0.4, -0.2) is 34.0 Å². The number of aliphatic imine (C=N–C) groups is 1. The molecule has 8 heteroatoms. The molecule has 1 aromatic heterocycles. The third kappa shape index (κ3) is 3.59. The SMILES string of the molecule is O=C(c1cccs1)N1CCN=C1SCc1cccc([N+](=O)[O-])c1. The summed E-state index contributed by atoms with van der Waals surface area (Å²) in [6.07, 6.45) is 0. The van der Waals surface area contributed by atoms with E-state index in [9.17, 15) is 14.9 Å². The quantitative estimate of drug-likeness (QED) is 0.627. The van der Waals surface area contributed by atoms with E-state index in [1.807, 2.05) is 17.5 Å². The van der Waals surface area contributed by atoms with Gasteiger partial charge in [-0.05, 0) is 17.0 Å². The van der Waals surface area contributed by atoms with Crippen LogP contribution in [0, 0.1) is 10.1 Å². The first-order valence-electron chi connectivity index (χ1n) is 6.91. The molecule has 0 bridgehead atoms. The van der Waals surface area contributed by atoms with Gasteiger partial charge in [0.15, 0.2) is 5.17 Å². The lowest BCUT2D eigenvalue weighted by atomic mass is 10.2. The van der Waals surface area contributed by atoms with Crippen LogP contribution < -0.4 is 0 Å². The Kier molecular flexibility index (Phi) is 4.73. The van der Waals surface area contributed by atoms with E-state index in [0.29, 0.717) is 28.9 Å². The van der Waals surface area contributed by atoms with Gasteiger partial charge in [0.05, 0.1) is 16.3 Å². The van der Waals surface area contributed by atoms with Gasteiger partial charge in [0.1, 0.15) is 0 Å². The summed E-state index contributed by atoms with van der Waals surface area (Å²) in [6.45, 7) is 1.17. The van der Waals surface area contributed by atoms with Crippen molar-refractivity contribution in [1.29, 1.82) is 0 Å². The summed E-state index contributed by atoms with van der Waals surface area (Å²) < 4.78 is 0. The van der Waals surface area contributed by atoms with Crippen molar-refractivity contribution < 1.29 is 9.72 Å². The molecule has 0 saturated carbocycles. The summed E-state index contributed by atoms with van der Waals surface area (Å²) in [5.74, 6) is 0.497. The predicted octanol–water partition coefficient (Wildman–Crippen LogP) is 3.40. The van der Waals surface area contributed by atoms with Crippen LogP contribution in [-0.2, 0) is 5.75 Å². The van der Waals surface area contributed by atoms with E-state index in [-0.39, 0.29) is 11.6 Å². The number of hydrogen-bond donors (Lipinski definition) is 0. The second-order valence-corrected chi connectivity index (χ2v) is 6.70. The molecule has 118 valence electrons. The van der Waals surface area contributed by atoms with Gasteiger partial charge in [0.25, 0.3) is 11.6 Å². The number of thiophene rings is 1. The van der Waals surface area contributed by atoms with Gasteiger partial charge < -0.3 is 0 Å². The van der Waals surface area contributed by atoms with Crippen molar-refractivity contribution in [2.24, 2.45) is 4.99 Å². The smallest absolute Gasteiger partial charge is 0.269 e. The molecular weight excluding hydrogens is 334 g/mol. The molecule has 2 aromatic rings. The Labute approximate surface area is 141 Å². The summed E-state index contributed by atoms with van der Waals surface area (Å²) in [4.78, 5) is 29.6. The second-order valence-electron chi connectivity index (χ2n) is 4.81. The molecule has 0 atom stereocenters. The molecule has 0 fully saturated rings. The lowest BCUT2D eigenvalue weighted by molar-refractivity contribution is -0.384. The number of nitro groups is 1. The Hall–Kier alpha value is -2.19. The van der Waals surface area contributed by atoms with Gasteiger partial charge in [-0.3, -0.25) is 24.8 Å². The number of thioether (sulfide) groups is 1. The van der Waals surface area contributed by atoms with Crippen molar-refractivity contribution in [3.05, 3.63) is 62.3 Å². The van der Waals surface area contributed by atoms with Crippen molar-refractivity contribution >= 4 is 39.9 Å². The summed E-state index contributed by atoms with van der Waals surface area (Å²) in [5, 5.41) is 13.4. The van der Waals surface area contributed by atoms with Gasteiger partial charge in [0, 0.05) is 24.4 Å². The topological polar surface area (TPSA) is 75.8 Å². The number of amidine groups is 1. The minimum atomic E-state index is -0.409. The monoisotopic (exact) mass is 347 g/mol. The molecule has 0 aliphatic carbocycles. The van der Waals surface area contributed by atoms with Crippen molar-refractivity contribution in [3.63, 3.8) is 0 Å². The number of hydrogen-bond acceptors (Lipinski definition) is 6. The fourth-order valence-electron chi connectivity index (χ4n) is 2.18. The highest BCUT2D eigenvalue weighted by atomic mass is 32.2. The van der Waals surface area contributed by atoms with Crippen LogP contribution >= 0.6 is 23.1 Å². The lowest BCUT2D eigenvalue weighted by Crippen LogP contribution is -2.32. The number of benzene rings is 1. The van der Waals surface area contributed by atoms with Gasteiger partial charge in [-0.1, -0.05) is 30.0 Å². The number of amides is 1. The number of rotatable bonds is 4. The van der Waals surface area contributed by atoms with E-state index in [1.165, 1.54) is 29.2 Å². The fourth-order valence-corrected chi connectivity index (χ4v) is 3.84. The molecule has 0 N–H and O–H groups in total. The Morgan fingerprint density at radius 3 is 3.00 bits per heavy atom. The summed E-state index contributed by atoms with van der Waals surface area (Å²) in [5.41, 5.74) is 0.908. The zero-order valence-corrected chi connectivity index (χ0v) is 13.7. The van der Waals surface area contributed by atoms with Crippen molar-refractivity contribution in [2.75, 3.05) is 13.1 Å². The minimum absolute atomic E-state index is 0.0391. The molecule has 6 nitrogen and oxygen atoms in total. The Balaban J connectivity index is 1.67. The molecule has 1 amide bonds. The van der Waals surface area contributed by atoms with Crippen LogP contribution in [0.4, 0.5) is 5.69 Å². The first-order valence-corrected chi connectivity index (χ1v) is 8.77. The van der Waals surface area contributed by atoms with E-state index in [4.69, 9.17) is 0 Å². The number of nitro benzene ring substituents is 1. The molecule has 3 rings (SSSR count). The highest BCUT2D eigenvalue weighted by Crippen LogP contribution is 2.24. The standard InChI is InChI=1S/C15H13N3O3S2/c19-14(13-5-2-8-22-13)17-7-6-16-15(17)23-10-11-3-1-4-12(9-11)18(20)21/h1-5,8-9H,6-7,10H2. The molecule has 23 heavy (non-hydrogen) atoms. The molecule has 1 aromatic carbocycles. The molecule has 0 spiro atoms. The molecule has 2 heterocycles. The maximum atomic E-state index is 12.4. The highest BCUT2D eigenvalue weighted by Gasteiger charge is 2.25. The zero-order valence-electron chi connectivity index (χ0n) is 12.0. The zero-order chi connectivity index (χ0) is 16.2. The van der Waals surface area contributed by atoms with E-state index < -0.39 is 4.92 Å². The van der Waals surface area contributed by atoms with E-state index >= 15 is 0 Å². The first kappa shape index (κ1) is 15.7. The van der Waals surface area contributed by atoms with Crippen molar-refractivity contribution in [1.82, 2.24) is 4.90 Å². The third-order valence-corrected chi connectivity index (χ3v) is 5.21. The average molecular weight is 347 g/mol. The average Bonchev–Trinajstić information content (AvgIpc) is 3.24. The fraction of sp³-hybridized carbons (Fsp3) is 0.200. The summed E-state index contributed by atoms with van der Waals surface area (Å²) in [7, 11) is 0. The molecular formula is C15H13N3O3S2. The number of non-ortho nitro benzene ring substituents is 1. The van der Waals surface area contributed by atoms with Crippen LogP contribution in [0.3, 0.4) is 0 Å². The lowest BCUT2D eigenvalue weighted by Gasteiger charge is -2.16. The number of nitrogens with zero attached hydrogens (tertiary/aromatic N) is 3. The number of carbonyl (C=O) groups excluding carboxylic acids is 1. The Morgan fingerprint density at radius 2 is 2.26 bits per heavy atom. The van der Waals surface area contributed by atoms with Crippen LogP contribution in [0.15, 0.2) is 46.8 Å². The van der Waals surface area contributed by atoms with Gasteiger partial charge >= 0.3 is 0 Å². The van der Waals surface area contributed by atoms with Gasteiger partial charge in [-0.25, -0.2) is 0 Å². The van der Waals surface area contributed by atoms with Crippen LogP contribution in [0.1, 0.15) is 15.2 Å². The molecule has 0 radical (unpaired) electrons. The second kappa shape index (κ2) is 6.93. The van der Waals surface area contributed by atoms with Crippen LogP contribution in [0.25, 0.3) is 0 Å². The largest absolute Gasteiger partial charge is 0.285 e. The van der Waals surface area contributed by atoms with Gasteiger partial charge in [-0.2, -0.15) is 0 Å². The first-order chi connectivity index (χ1) is 11.1. The maximum absolute atomic E-state index is 12.4. The third-order valence-electron chi connectivity index (χ3n) is 3.27. The predicted molar refractivity (Wildman–Crippen MR) is 92.0 cm³/mol. The summed E-state index contributed by atoms with van der Waals surface area (Å²) >= 11 is 2.84. The van der Waals surface area contributed by atoms with E-state index in [2.05, 4.69) is 4.99 Å². The van der Waals surface area contributed by atoms with Crippen molar-refractivity contribution in [2.45, 2.75) is 5.75 Å². The normalized spacial score (nSPS) is 13.9. The molecule has 0 saturated heterocycles. The van der Waals surface area contributed by atoms with E-state index in [1.54, 1.807) is 23.1 Å². The maximum Gasteiger partial charge on any atom is 0.269 e. The molecule has 1 aliphatic heterocycles.